The molecule has 3 N–H and O–H groups in total. The highest BCUT2D eigenvalue weighted by Crippen LogP contribution is 2.10. The molecule has 0 saturated heterocycles. The van der Waals surface area contributed by atoms with Crippen molar-refractivity contribution in [2.45, 2.75) is 13.3 Å². The lowest BCUT2D eigenvalue weighted by Crippen LogP contribution is -2.35. The third-order valence-corrected chi connectivity index (χ3v) is 1.65. The van der Waals surface area contributed by atoms with Crippen molar-refractivity contribution >= 4 is 23.4 Å². The van der Waals surface area contributed by atoms with Crippen molar-refractivity contribution in [1.82, 2.24) is 4.98 Å². The van der Waals surface area contributed by atoms with Crippen LogP contribution in [0.1, 0.15) is 13.3 Å². The number of hydrogen-bond acceptors (Lipinski definition) is 4. The number of nitrogens with zero attached hydrogens (tertiary/aromatic N) is 2. The SMILES string of the molecule is CCCNc1cc(Cl)nc(N)[n+]1[O-]. The molecule has 0 spiro atoms. The Labute approximate surface area is 81.1 Å². The molecule has 6 heteroatoms. The highest BCUT2D eigenvalue weighted by Gasteiger charge is 2.07. The summed E-state index contributed by atoms with van der Waals surface area (Å²) in [5.74, 6) is 0.186. The first-order valence-electron chi connectivity index (χ1n) is 3.94. The van der Waals surface area contributed by atoms with Crippen LogP contribution in [0.2, 0.25) is 5.15 Å². The van der Waals surface area contributed by atoms with Crippen molar-refractivity contribution < 1.29 is 4.73 Å². The molecule has 1 rings (SSSR count). The maximum absolute atomic E-state index is 11.2. The molecule has 0 aliphatic carbocycles. The van der Waals surface area contributed by atoms with E-state index in [0.29, 0.717) is 17.1 Å². The van der Waals surface area contributed by atoms with Crippen molar-refractivity contribution in [3.05, 3.63) is 16.4 Å². The summed E-state index contributed by atoms with van der Waals surface area (Å²) in [6.45, 7) is 2.69. The van der Waals surface area contributed by atoms with Gasteiger partial charge in [0.2, 0.25) is 0 Å². The first-order chi connectivity index (χ1) is 6.15. The fraction of sp³-hybridized carbons (Fsp3) is 0.429. The summed E-state index contributed by atoms with van der Waals surface area (Å²) in [6, 6.07) is 1.45. The van der Waals surface area contributed by atoms with Gasteiger partial charge in [-0.2, -0.15) is 0 Å². The van der Waals surface area contributed by atoms with Gasteiger partial charge in [-0.1, -0.05) is 11.9 Å². The molecular weight excluding hydrogens is 192 g/mol. The van der Waals surface area contributed by atoms with E-state index in [1.54, 1.807) is 0 Å². The summed E-state index contributed by atoms with van der Waals surface area (Å²) in [5, 5.41) is 14.3. The van der Waals surface area contributed by atoms with Crippen LogP contribution in [-0.4, -0.2) is 11.5 Å². The molecule has 1 aromatic rings. The minimum atomic E-state index is -0.147. The molecule has 0 atom stereocenters. The second-order valence-electron chi connectivity index (χ2n) is 2.54. The highest BCUT2D eigenvalue weighted by molar-refractivity contribution is 6.29. The van der Waals surface area contributed by atoms with Gasteiger partial charge in [0.15, 0.2) is 11.0 Å². The number of nitrogens with two attached hydrogens (primary N) is 1. The van der Waals surface area contributed by atoms with Gasteiger partial charge in [-0.25, -0.2) is 4.73 Å². The van der Waals surface area contributed by atoms with E-state index in [0.717, 1.165) is 6.42 Å². The van der Waals surface area contributed by atoms with E-state index in [4.69, 9.17) is 17.3 Å². The van der Waals surface area contributed by atoms with Crippen molar-refractivity contribution in [3.63, 3.8) is 0 Å². The van der Waals surface area contributed by atoms with Crippen LogP contribution in [0.15, 0.2) is 6.07 Å². The molecule has 1 aromatic heterocycles. The Balaban J connectivity index is 2.92. The summed E-state index contributed by atoms with van der Waals surface area (Å²) in [6.07, 6.45) is 0.917. The van der Waals surface area contributed by atoms with E-state index >= 15 is 0 Å². The van der Waals surface area contributed by atoms with Crippen molar-refractivity contribution in [2.24, 2.45) is 0 Å². The summed E-state index contributed by atoms with van der Waals surface area (Å²) in [7, 11) is 0. The van der Waals surface area contributed by atoms with Crippen molar-refractivity contribution in [3.8, 4) is 0 Å². The second kappa shape index (κ2) is 4.13. The zero-order valence-corrected chi connectivity index (χ0v) is 8.01. The molecule has 5 nitrogen and oxygen atoms in total. The van der Waals surface area contributed by atoms with Gasteiger partial charge in [0.1, 0.15) is 0 Å². The van der Waals surface area contributed by atoms with Crippen LogP contribution in [0.25, 0.3) is 0 Å². The Bertz CT molecular complexity index is 305. The minimum Gasteiger partial charge on any atom is -0.754 e. The number of hydrogen-bond donors (Lipinski definition) is 2. The predicted molar refractivity (Wildman–Crippen MR) is 51.4 cm³/mol. The van der Waals surface area contributed by atoms with E-state index in [1.807, 2.05) is 6.92 Å². The lowest BCUT2D eigenvalue weighted by molar-refractivity contribution is -0.577. The molecule has 0 bridgehead atoms. The molecule has 0 amide bonds. The van der Waals surface area contributed by atoms with Gasteiger partial charge < -0.3 is 16.3 Å². The Morgan fingerprint density at radius 3 is 3.08 bits per heavy atom. The summed E-state index contributed by atoms with van der Waals surface area (Å²) >= 11 is 5.62. The van der Waals surface area contributed by atoms with E-state index in [2.05, 4.69) is 10.3 Å². The maximum Gasteiger partial charge on any atom is 0.345 e. The quantitative estimate of drug-likeness (QED) is 0.431. The van der Waals surface area contributed by atoms with Crippen LogP contribution < -0.4 is 15.8 Å². The highest BCUT2D eigenvalue weighted by atomic mass is 35.5. The zero-order chi connectivity index (χ0) is 9.84. The van der Waals surface area contributed by atoms with Gasteiger partial charge in [0, 0.05) is 6.54 Å². The third-order valence-electron chi connectivity index (χ3n) is 1.46. The van der Waals surface area contributed by atoms with Crippen LogP contribution in [0.3, 0.4) is 0 Å². The second-order valence-corrected chi connectivity index (χ2v) is 2.93. The smallest absolute Gasteiger partial charge is 0.345 e. The van der Waals surface area contributed by atoms with E-state index in [1.165, 1.54) is 6.07 Å². The molecular formula is C7H11ClN4O. The third kappa shape index (κ3) is 2.35. The monoisotopic (exact) mass is 202 g/mol. The Morgan fingerprint density at radius 2 is 2.46 bits per heavy atom. The van der Waals surface area contributed by atoms with Gasteiger partial charge >= 0.3 is 5.95 Å². The fourth-order valence-corrected chi connectivity index (χ4v) is 1.05. The molecule has 0 aromatic carbocycles. The first kappa shape index (κ1) is 9.85. The Morgan fingerprint density at radius 1 is 1.77 bits per heavy atom. The molecule has 1 heterocycles. The Hall–Kier alpha value is -1.23. The fourth-order valence-electron chi connectivity index (χ4n) is 0.858. The van der Waals surface area contributed by atoms with Gasteiger partial charge in [-0.15, -0.1) is 0 Å². The van der Waals surface area contributed by atoms with Crippen LogP contribution >= 0.6 is 11.6 Å². The molecule has 72 valence electrons. The van der Waals surface area contributed by atoms with Gasteiger partial charge in [-0.05, 0) is 18.0 Å². The largest absolute Gasteiger partial charge is 0.754 e. The van der Waals surface area contributed by atoms with Crippen LogP contribution in [0.5, 0.6) is 0 Å². The first-order valence-corrected chi connectivity index (χ1v) is 4.32. The number of nitrogen functional groups attached to an aromatic ring is 1. The van der Waals surface area contributed by atoms with Gasteiger partial charge in [0.05, 0.1) is 6.07 Å². The van der Waals surface area contributed by atoms with Crippen LogP contribution in [-0.2, 0) is 0 Å². The number of aromatic nitrogens is 2. The number of anilines is 2. The molecule has 0 aliphatic heterocycles. The maximum atomic E-state index is 11.2. The van der Waals surface area contributed by atoms with E-state index < -0.39 is 0 Å². The number of nitrogens with one attached hydrogen (secondary N) is 1. The molecule has 0 aliphatic rings. The summed E-state index contributed by atoms with van der Waals surface area (Å²) in [5.41, 5.74) is 5.31. The Kier molecular flexibility index (Phi) is 3.13. The summed E-state index contributed by atoms with van der Waals surface area (Å²) in [4.78, 5) is 3.60. The molecule has 0 radical (unpaired) electrons. The topological polar surface area (TPSA) is 77.9 Å². The zero-order valence-electron chi connectivity index (χ0n) is 7.25. The van der Waals surface area contributed by atoms with Crippen LogP contribution in [0, 0.1) is 5.21 Å². The number of rotatable bonds is 3. The normalized spacial score (nSPS) is 10.0. The van der Waals surface area contributed by atoms with Gasteiger partial charge in [-0.3, -0.25) is 0 Å². The van der Waals surface area contributed by atoms with Crippen molar-refractivity contribution in [2.75, 3.05) is 17.6 Å². The predicted octanol–water partition coefficient (Wildman–Crippen LogP) is 0.772. The van der Waals surface area contributed by atoms with E-state index in [9.17, 15) is 5.21 Å². The molecule has 0 unspecified atom stereocenters. The van der Waals surface area contributed by atoms with E-state index in [-0.39, 0.29) is 11.1 Å². The number of halogens is 1. The van der Waals surface area contributed by atoms with Crippen LogP contribution in [0.4, 0.5) is 11.8 Å². The standard InChI is InChI=1S/C7H11ClN4O/c1-2-3-10-6-4-5(8)11-7(9)12(6)13/h4,10H,2-3H2,1H3,(H2,9,11). The lowest BCUT2D eigenvalue weighted by atomic mass is 10.4. The molecule has 0 saturated carbocycles. The molecule has 0 fully saturated rings. The average Bonchev–Trinajstić information content (AvgIpc) is 2.09. The van der Waals surface area contributed by atoms with Crippen molar-refractivity contribution in [1.29, 1.82) is 0 Å². The minimum absolute atomic E-state index is 0.147. The lowest BCUT2D eigenvalue weighted by Gasteiger charge is -2.12. The van der Waals surface area contributed by atoms with Gasteiger partial charge in [0.25, 0.3) is 0 Å². The summed E-state index contributed by atoms with van der Waals surface area (Å²) < 4.78 is 0.515. The average molecular weight is 203 g/mol. The molecule has 13 heavy (non-hydrogen) atoms.